The van der Waals surface area contributed by atoms with Gasteiger partial charge in [-0.15, -0.1) is 0 Å². The van der Waals surface area contributed by atoms with Crippen molar-refractivity contribution in [2.24, 2.45) is 0 Å². The van der Waals surface area contributed by atoms with Crippen molar-refractivity contribution >= 4 is 17.6 Å². The van der Waals surface area contributed by atoms with Crippen LogP contribution in [0, 0.1) is 16.6 Å². The molecule has 1 rings (SSSR count). The Labute approximate surface area is 148 Å². The highest BCUT2D eigenvalue weighted by Crippen LogP contribution is 2.25. The van der Waals surface area contributed by atoms with Crippen LogP contribution >= 0.6 is 0 Å². The van der Waals surface area contributed by atoms with Gasteiger partial charge in [0.2, 0.25) is 0 Å². The summed E-state index contributed by atoms with van der Waals surface area (Å²) in [6.07, 6.45) is 4.44. The standard InChI is InChI=1S/C19H26F2N4/c1-13(2)18-9-16(21)4-5-17(18)19(8-14(3)23)25-12-15(10-22)11-24-7-6-20/h4-5,8-11,13,22-25H,6-7,12H2,1-3H3/b15-11+,19-8-,22-10?,23-14?. The van der Waals surface area contributed by atoms with E-state index in [1.54, 1.807) is 25.3 Å². The average molecular weight is 348 g/mol. The van der Waals surface area contributed by atoms with Crippen LogP contribution in [-0.2, 0) is 0 Å². The lowest BCUT2D eigenvalue weighted by Crippen LogP contribution is -2.20. The smallest absolute Gasteiger partial charge is 0.123 e. The van der Waals surface area contributed by atoms with E-state index in [9.17, 15) is 8.78 Å². The fourth-order valence-corrected chi connectivity index (χ4v) is 2.30. The van der Waals surface area contributed by atoms with Gasteiger partial charge in [-0.05, 0) is 42.7 Å². The summed E-state index contributed by atoms with van der Waals surface area (Å²) in [6.45, 7) is 5.66. The second kappa shape index (κ2) is 10.4. The van der Waals surface area contributed by atoms with Gasteiger partial charge in [-0.1, -0.05) is 13.8 Å². The third kappa shape index (κ3) is 6.87. The van der Waals surface area contributed by atoms with Gasteiger partial charge in [-0.25, -0.2) is 8.78 Å². The number of allylic oxidation sites excluding steroid dienone is 1. The summed E-state index contributed by atoms with van der Waals surface area (Å²) in [5.74, 6) is -0.181. The van der Waals surface area contributed by atoms with Gasteiger partial charge in [0.15, 0.2) is 0 Å². The van der Waals surface area contributed by atoms with E-state index >= 15 is 0 Å². The lowest BCUT2D eigenvalue weighted by Gasteiger charge is -2.18. The first-order valence-electron chi connectivity index (χ1n) is 8.18. The third-order valence-corrected chi connectivity index (χ3v) is 3.48. The normalized spacial score (nSPS) is 12.2. The Hall–Kier alpha value is -2.50. The van der Waals surface area contributed by atoms with Gasteiger partial charge in [-0.2, -0.15) is 0 Å². The molecule has 4 nitrogen and oxygen atoms in total. The highest BCUT2D eigenvalue weighted by molar-refractivity contribution is 5.97. The molecule has 0 aliphatic rings. The maximum Gasteiger partial charge on any atom is 0.123 e. The Morgan fingerprint density at radius 1 is 1.32 bits per heavy atom. The summed E-state index contributed by atoms with van der Waals surface area (Å²) < 4.78 is 25.8. The summed E-state index contributed by atoms with van der Waals surface area (Å²) in [6, 6.07) is 4.60. The van der Waals surface area contributed by atoms with E-state index in [0.717, 1.165) is 11.1 Å². The zero-order valence-corrected chi connectivity index (χ0v) is 14.9. The molecule has 0 radical (unpaired) electrons. The van der Waals surface area contributed by atoms with E-state index in [2.05, 4.69) is 10.6 Å². The van der Waals surface area contributed by atoms with Crippen molar-refractivity contribution in [3.05, 3.63) is 53.0 Å². The molecule has 136 valence electrons. The molecule has 0 aliphatic heterocycles. The van der Waals surface area contributed by atoms with Crippen LogP contribution in [0.4, 0.5) is 8.78 Å². The van der Waals surface area contributed by atoms with Crippen molar-refractivity contribution in [1.82, 2.24) is 10.6 Å². The molecule has 25 heavy (non-hydrogen) atoms. The Balaban J connectivity index is 3.10. The van der Waals surface area contributed by atoms with Crippen LogP contribution in [0.3, 0.4) is 0 Å². The lowest BCUT2D eigenvalue weighted by molar-refractivity contribution is 0.486. The first-order chi connectivity index (χ1) is 11.9. The quantitative estimate of drug-likeness (QED) is 0.381. The fraction of sp³-hybridized carbons (Fsp3) is 0.368. The number of rotatable bonds is 10. The van der Waals surface area contributed by atoms with Crippen molar-refractivity contribution in [2.75, 3.05) is 19.8 Å². The molecular formula is C19H26F2N4. The van der Waals surface area contributed by atoms with Crippen molar-refractivity contribution in [2.45, 2.75) is 26.7 Å². The zero-order chi connectivity index (χ0) is 18.8. The van der Waals surface area contributed by atoms with Crippen LogP contribution in [0.1, 0.15) is 37.8 Å². The summed E-state index contributed by atoms with van der Waals surface area (Å²) in [4.78, 5) is 0. The number of hydrogen-bond acceptors (Lipinski definition) is 4. The van der Waals surface area contributed by atoms with Crippen LogP contribution in [0.2, 0.25) is 0 Å². The Kier molecular flexibility index (Phi) is 8.53. The van der Waals surface area contributed by atoms with Gasteiger partial charge in [0, 0.05) is 48.0 Å². The Morgan fingerprint density at radius 3 is 2.60 bits per heavy atom. The predicted molar refractivity (Wildman–Crippen MR) is 101 cm³/mol. The minimum Gasteiger partial charge on any atom is -0.388 e. The average Bonchev–Trinajstić information content (AvgIpc) is 2.56. The summed E-state index contributed by atoms with van der Waals surface area (Å²) in [5, 5.41) is 21.2. The first-order valence-corrected chi connectivity index (χ1v) is 8.18. The second-order valence-corrected chi connectivity index (χ2v) is 5.99. The molecule has 0 aromatic heterocycles. The fourth-order valence-electron chi connectivity index (χ4n) is 2.30. The van der Waals surface area contributed by atoms with Crippen LogP contribution < -0.4 is 10.6 Å². The van der Waals surface area contributed by atoms with Gasteiger partial charge in [0.25, 0.3) is 0 Å². The van der Waals surface area contributed by atoms with Crippen LogP contribution in [0.25, 0.3) is 5.70 Å². The van der Waals surface area contributed by atoms with E-state index in [0.29, 0.717) is 23.5 Å². The minimum atomic E-state index is -0.485. The topological polar surface area (TPSA) is 71.8 Å². The number of hydrogen-bond donors (Lipinski definition) is 4. The monoisotopic (exact) mass is 348 g/mol. The molecule has 1 aromatic rings. The Bertz CT molecular complexity index is 663. The van der Waals surface area contributed by atoms with E-state index < -0.39 is 6.67 Å². The molecule has 0 saturated carbocycles. The summed E-state index contributed by atoms with van der Waals surface area (Å²) in [5.41, 5.74) is 3.35. The molecule has 0 spiro atoms. The number of nitrogens with one attached hydrogen (secondary N) is 4. The summed E-state index contributed by atoms with van der Waals surface area (Å²) >= 11 is 0. The van der Waals surface area contributed by atoms with Gasteiger partial charge in [-0.3, -0.25) is 0 Å². The number of benzene rings is 1. The molecule has 1 aromatic carbocycles. The van der Waals surface area contributed by atoms with E-state index in [-0.39, 0.29) is 18.3 Å². The van der Waals surface area contributed by atoms with E-state index in [1.807, 2.05) is 13.8 Å². The highest BCUT2D eigenvalue weighted by Gasteiger charge is 2.12. The van der Waals surface area contributed by atoms with Gasteiger partial charge >= 0.3 is 0 Å². The molecule has 6 heteroatoms. The molecular weight excluding hydrogens is 322 g/mol. The predicted octanol–water partition coefficient (Wildman–Crippen LogP) is 4.01. The molecule has 0 saturated heterocycles. The molecule has 0 heterocycles. The molecule has 0 fully saturated rings. The van der Waals surface area contributed by atoms with E-state index in [4.69, 9.17) is 10.8 Å². The maximum atomic E-state index is 13.6. The van der Waals surface area contributed by atoms with Crippen molar-refractivity contribution < 1.29 is 8.78 Å². The highest BCUT2D eigenvalue weighted by atomic mass is 19.1. The minimum absolute atomic E-state index is 0.117. The number of halogens is 2. The molecule has 0 amide bonds. The van der Waals surface area contributed by atoms with Crippen molar-refractivity contribution in [1.29, 1.82) is 10.8 Å². The number of alkyl halides is 1. The SMILES string of the molecule is CC(=N)/C=C(\NC/C(C=N)=C/NCCF)c1ccc(F)cc1C(C)C. The van der Waals surface area contributed by atoms with Gasteiger partial charge in [0.05, 0.1) is 0 Å². The first kappa shape index (κ1) is 20.5. The van der Waals surface area contributed by atoms with Crippen molar-refractivity contribution in [3.8, 4) is 0 Å². The largest absolute Gasteiger partial charge is 0.388 e. The van der Waals surface area contributed by atoms with Crippen LogP contribution in [-0.4, -0.2) is 31.7 Å². The van der Waals surface area contributed by atoms with Crippen molar-refractivity contribution in [3.63, 3.8) is 0 Å². The van der Waals surface area contributed by atoms with Crippen LogP contribution in [0.15, 0.2) is 36.0 Å². The van der Waals surface area contributed by atoms with Gasteiger partial charge < -0.3 is 21.5 Å². The summed E-state index contributed by atoms with van der Waals surface area (Å²) in [7, 11) is 0. The molecule has 0 atom stereocenters. The maximum absolute atomic E-state index is 13.6. The second-order valence-electron chi connectivity index (χ2n) is 5.99. The van der Waals surface area contributed by atoms with Crippen LogP contribution in [0.5, 0.6) is 0 Å². The molecule has 0 bridgehead atoms. The lowest BCUT2D eigenvalue weighted by atomic mass is 9.94. The Morgan fingerprint density at radius 2 is 2.04 bits per heavy atom. The van der Waals surface area contributed by atoms with E-state index in [1.165, 1.54) is 18.3 Å². The molecule has 4 N–H and O–H groups in total. The molecule has 0 aliphatic carbocycles. The third-order valence-electron chi connectivity index (χ3n) is 3.48. The van der Waals surface area contributed by atoms with Gasteiger partial charge in [0.1, 0.15) is 12.5 Å². The molecule has 0 unspecified atom stereocenters. The zero-order valence-electron chi connectivity index (χ0n) is 14.9.